The third kappa shape index (κ3) is 6.12. The molecule has 2 aliphatic heterocycles. The first-order valence-corrected chi connectivity index (χ1v) is 11.7. The number of amides is 3. The number of nitrogens with zero attached hydrogens (tertiary/aromatic N) is 1. The molecule has 0 radical (unpaired) electrons. The number of benzene rings is 2. The first-order chi connectivity index (χ1) is 16.0. The first kappa shape index (κ1) is 23.3. The van der Waals surface area contributed by atoms with Crippen molar-refractivity contribution in [2.24, 2.45) is 5.92 Å². The molecule has 2 saturated heterocycles. The van der Waals surface area contributed by atoms with Crippen molar-refractivity contribution in [3.05, 3.63) is 64.7 Å². The van der Waals surface area contributed by atoms with Gasteiger partial charge in [-0.1, -0.05) is 11.6 Å². The standard InChI is InChI=1S/C25H28ClN3O4/c26-20-7-3-17(4-8-20)24(31)28-21-9-5-19(6-10-21)25(32)29-13-11-18(12-14-29)23(30)27-16-22-2-1-15-33-22/h3-10,18,22H,1-2,11-16H2,(H,27,30)(H,28,31). The summed E-state index contributed by atoms with van der Waals surface area (Å²) >= 11 is 5.86. The zero-order chi connectivity index (χ0) is 23.2. The van der Waals surface area contributed by atoms with Gasteiger partial charge < -0.3 is 20.3 Å². The Kier molecular flexibility index (Phi) is 7.62. The molecule has 0 saturated carbocycles. The summed E-state index contributed by atoms with van der Waals surface area (Å²) in [6, 6.07) is 13.5. The van der Waals surface area contributed by atoms with E-state index in [9.17, 15) is 14.4 Å². The van der Waals surface area contributed by atoms with Gasteiger partial charge in [0, 0.05) is 54.0 Å². The van der Waals surface area contributed by atoms with Crippen LogP contribution in [-0.2, 0) is 9.53 Å². The zero-order valence-corrected chi connectivity index (χ0v) is 19.1. The Labute approximate surface area is 198 Å². The SMILES string of the molecule is O=C(Nc1ccc(C(=O)N2CCC(C(=O)NCC3CCCO3)CC2)cc1)c1ccc(Cl)cc1. The number of hydrogen-bond acceptors (Lipinski definition) is 4. The van der Waals surface area contributed by atoms with E-state index in [1.165, 1.54) is 0 Å². The van der Waals surface area contributed by atoms with E-state index < -0.39 is 0 Å². The Morgan fingerprint density at radius 1 is 0.939 bits per heavy atom. The van der Waals surface area contributed by atoms with E-state index in [4.69, 9.17) is 16.3 Å². The molecule has 0 bridgehead atoms. The second-order valence-electron chi connectivity index (χ2n) is 8.49. The van der Waals surface area contributed by atoms with Gasteiger partial charge in [-0.15, -0.1) is 0 Å². The second kappa shape index (κ2) is 10.8. The summed E-state index contributed by atoms with van der Waals surface area (Å²) in [7, 11) is 0. The fourth-order valence-electron chi connectivity index (χ4n) is 4.19. The Hall–Kier alpha value is -2.90. The largest absolute Gasteiger partial charge is 0.376 e. The maximum atomic E-state index is 12.9. The fourth-order valence-corrected chi connectivity index (χ4v) is 4.32. The van der Waals surface area contributed by atoms with Crippen molar-refractivity contribution < 1.29 is 19.1 Å². The molecule has 2 heterocycles. The van der Waals surface area contributed by atoms with Gasteiger partial charge in [0.1, 0.15) is 0 Å². The lowest BCUT2D eigenvalue weighted by Gasteiger charge is -2.31. The second-order valence-corrected chi connectivity index (χ2v) is 8.92. The lowest BCUT2D eigenvalue weighted by Crippen LogP contribution is -2.44. The minimum atomic E-state index is -0.245. The molecule has 2 aliphatic rings. The maximum absolute atomic E-state index is 12.9. The van der Waals surface area contributed by atoms with E-state index in [1.807, 2.05) is 0 Å². The highest BCUT2D eigenvalue weighted by Crippen LogP contribution is 2.21. The summed E-state index contributed by atoms with van der Waals surface area (Å²) < 4.78 is 5.55. The Bertz CT molecular complexity index is 980. The van der Waals surface area contributed by atoms with Crippen LogP contribution in [0.15, 0.2) is 48.5 Å². The van der Waals surface area contributed by atoms with Crippen LogP contribution in [0.3, 0.4) is 0 Å². The summed E-state index contributed by atoms with van der Waals surface area (Å²) in [4.78, 5) is 39.4. The molecule has 1 unspecified atom stereocenters. The van der Waals surface area contributed by atoms with Crippen molar-refractivity contribution >= 4 is 35.0 Å². The monoisotopic (exact) mass is 469 g/mol. The number of likely N-dealkylation sites (tertiary alicyclic amines) is 1. The molecule has 2 N–H and O–H groups in total. The van der Waals surface area contributed by atoms with Crippen molar-refractivity contribution in [2.75, 3.05) is 31.6 Å². The highest BCUT2D eigenvalue weighted by Gasteiger charge is 2.28. The molecule has 174 valence electrons. The average Bonchev–Trinajstić information content (AvgIpc) is 3.37. The number of piperidine rings is 1. The number of anilines is 1. The molecule has 2 aromatic carbocycles. The van der Waals surface area contributed by atoms with Crippen LogP contribution in [0.4, 0.5) is 5.69 Å². The van der Waals surface area contributed by atoms with E-state index in [0.29, 0.717) is 54.3 Å². The molecular weight excluding hydrogens is 442 g/mol. The molecule has 7 nitrogen and oxygen atoms in total. The van der Waals surface area contributed by atoms with Crippen LogP contribution in [0.2, 0.25) is 5.02 Å². The number of carbonyl (C=O) groups is 3. The molecule has 3 amide bonds. The van der Waals surface area contributed by atoms with Crippen molar-refractivity contribution in [1.82, 2.24) is 10.2 Å². The highest BCUT2D eigenvalue weighted by atomic mass is 35.5. The lowest BCUT2D eigenvalue weighted by molar-refractivity contribution is -0.126. The molecule has 33 heavy (non-hydrogen) atoms. The van der Waals surface area contributed by atoms with Gasteiger partial charge in [0.25, 0.3) is 11.8 Å². The van der Waals surface area contributed by atoms with Gasteiger partial charge in [0.05, 0.1) is 6.10 Å². The van der Waals surface area contributed by atoms with E-state index in [2.05, 4.69) is 10.6 Å². The predicted molar refractivity (Wildman–Crippen MR) is 126 cm³/mol. The molecule has 0 aliphatic carbocycles. The average molecular weight is 470 g/mol. The van der Waals surface area contributed by atoms with Gasteiger partial charge >= 0.3 is 0 Å². The van der Waals surface area contributed by atoms with Crippen molar-refractivity contribution in [3.8, 4) is 0 Å². The van der Waals surface area contributed by atoms with Crippen molar-refractivity contribution in [1.29, 1.82) is 0 Å². The third-order valence-corrected chi connectivity index (χ3v) is 6.43. The van der Waals surface area contributed by atoms with Crippen LogP contribution in [0.1, 0.15) is 46.4 Å². The summed E-state index contributed by atoms with van der Waals surface area (Å²) in [5.41, 5.74) is 1.66. The number of hydrogen-bond donors (Lipinski definition) is 2. The molecular formula is C25H28ClN3O4. The normalized spacial score (nSPS) is 18.7. The molecule has 2 fully saturated rings. The van der Waals surface area contributed by atoms with Crippen molar-refractivity contribution in [3.63, 3.8) is 0 Å². The van der Waals surface area contributed by atoms with Crippen LogP contribution in [-0.4, -0.2) is 55.0 Å². The van der Waals surface area contributed by atoms with Gasteiger partial charge in [-0.3, -0.25) is 14.4 Å². The molecule has 2 aromatic rings. The summed E-state index contributed by atoms with van der Waals surface area (Å²) in [6.45, 7) is 2.44. The number of halogens is 1. The summed E-state index contributed by atoms with van der Waals surface area (Å²) in [5, 5.41) is 6.38. The van der Waals surface area contributed by atoms with Crippen LogP contribution < -0.4 is 10.6 Å². The molecule has 0 aromatic heterocycles. The van der Waals surface area contributed by atoms with Gasteiger partial charge in [0.15, 0.2) is 0 Å². The first-order valence-electron chi connectivity index (χ1n) is 11.3. The quantitative estimate of drug-likeness (QED) is 0.674. The van der Waals surface area contributed by atoms with Crippen LogP contribution in [0.5, 0.6) is 0 Å². The third-order valence-electron chi connectivity index (χ3n) is 6.18. The minimum Gasteiger partial charge on any atom is -0.376 e. The van der Waals surface area contributed by atoms with Gasteiger partial charge in [-0.2, -0.15) is 0 Å². The Balaban J connectivity index is 1.25. The topological polar surface area (TPSA) is 87.7 Å². The number of carbonyl (C=O) groups excluding carboxylic acids is 3. The smallest absolute Gasteiger partial charge is 0.255 e. The van der Waals surface area contributed by atoms with Crippen molar-refractivity contribution in [2.45, 2.75) is 31.8 Å². The molecule has 8 heteroatoms. The molecule has 0 spiro atoms. The van der Waals surface area contributed by atoms with Gasteiger partial charge in [-0.05, 0) is 74.2 Å². The number of ether oxygens (including phenoxy) is 1. The number of nitrogens with one attached hydrogen (secondary N) is 2. The summed E-state index contributed by atoms with van der Waals surface area (Å²) in [6.07, 6.45) is 3.49. The molecule has 4 rings (SSSR count). The van der Waals surface area contributed by atoms with E-state index in [0.717, 1.165) is 19.4 Å². The molecule has 1 atom stereocenters. The van der Waals surface area contributed by atoms with E-state index in [-0.39, 0.29) is 29.7 Å². The van der Waals surface area contributed by atoms with E-state index >= 15 is 0 Å². The summed E-state index contributed by atoms with van der Waals surface area (Å²) in [5.74, 6) is -0.325. The maximum Gasteiger partial charge on any atom is 0.255 e. The van der Waals surface area contributed by atoms with Gasteiger partial charge in [-0.25, -0.2) is 0 Å². The predicted octanol–water partition coefficient (Wildman–Crippen LogP) is 3.74. The van der Waals surface area contributed by atoms with E-state index in [1.54, 1.807) is 53.4 Å². The Morgan fingerprint density at radius 3 is 2.24 bits per heavy atom. The zero-order valence-electron chi connectivity index (χ0n) is 18.4. The fraction of sp³-hybridized carbons (Fsp3) is 0.400. The van der Waals surface area contributed by atoms with Crippen LogP contribution in [0, 0.1) is 5.92 Å². The highest BCUT2D eigenvalue weighted by molar-refractivity contribution is 6.30. The lowest BCUT2D eigenvalue weighted by atomic mass is 9.95. The minimum absolute atomic E-state index is 0.0541. The number of rotatable bonds is 6. The van der Waals surface area contributed by atoms with Gasteiger partial charge in [0.2, 0.25) is 5.91 Å². The van der Waals surface area contributed by atoms with Crippen LogP contribution >= 0.6 is 11.6 Å². The van der Waals surface area contributed by atoms with Crippen LogP contribution in [0.25, 0.3) is 0 Å². The Morgan fingerprint density at radius 2 is 1.61 bits per heavy atom.